The van der Waals surface area contributed by atoms with Crippen LogP contribution in [-0.2, 0) is 20.7 Å². The first-order chi connectivity index (χ1) is 11.8. The highest BCUT2D eigenvalue weighted by molar-refractivity contribution is 5.93. The lowest BCUT2D eigenvalue weighted by Crippen LogP contribution is -2.28. The average Bonchev–Trinajstić information content (AvgIpc) is 2.51. The number of aromatic nitrogens is 2. The minimum atomic E-state index is -0.497. The maximum absolute atomic E-state index is 12.2. The molecule has 0 aliphatic rings. The monoisotopic (exact) mass is 350 g/mol. The second kappa shape index (κ2) is 9.96. The summed E-state index contributed by atoms with van der Waals surface area (Å²) in [5.74, 6) is 0.722. The molecule has 140 valence electrons. The molecular weight excluding hydrogens is 320 g/mol. The predicted molar refractivity (Wildman–Crippen MR) is 98.5 cm³/mol. The lowest BCUT2D eigenvalue weighted by atomic mass is 9.96. The molecule has 0 aromatic carbocycles. The topological polar surface area (TPSA) is 93.2 Å². The Balaban J connectivity index is 2.71. The molecule has 2 N–H and O–H groups in total. The number of nitrogens with zero attached hydrogens (tertiary/aromatic N) is 2. The largest absolute Gasteiger partial charge is 0.466 e. The van der Waals surface area contributed by atoms with Gasteiger partial charge in [-0.1, -0.05) is 20.8 Å². The fourth-order valence-corrected chi connectivity index (χ4v) is 2.04. The van der Waals surface area contributed by atoms with Gasteiger partial charge in [0.05, 0.1) is 6.61 Å². The highest BCUT2D eigenvalue weighted by Gasteiger charge is 2.22. The Morgan fingerprint density at radius 3 is 2.48 bits per heavy atom. The molecule has 25 heavy (non-hydrogen) atoms. The van der Waals surface area contributed by atoms with Crippen LogP contribution in [0.1, 0.15) is 59.6 Å². The number of rotatable bonds is 9. The number of ether oxygens (including phenoxy) is 1. The Morgan fingerprint density at radius 1 is 1.16 bits per heavy atom. The molecule has 0 fully saturated rings. The zero-order chi connectivity index (χ0) is 18.9. The summed E-state index contributed by atoms with van der Waals surface area (Å²) in [4.78, 5) is 32.3. The molecule has 0 aliphatic carbocycles. The van der Waals surface area contributed by atoms with Crippen molar-refractivity contribution in [1.82, 2.24) is 9.97 Å². The van der Waals surface area contributed by atoms with Crippen molar-refractivity contribution in [1.29, 1.82) is 0 Å². The van der Waals surface area contributed by atoms with Crippen LogP contribution in [0.5, 0.6) is 0 Å². The molecule has 0 aliphatic heterocycles. The Kier molecular flexibility index (Phi) is 8.31. The first-order valence-corrected chi connectivity index (χ1v) is 8.85. The summed E-state index contributed by atoms with van der Waals surface area (Å²) in [5, 5.41) is 5.92. The van der Waals surface area contributed by atoms with Gasteiger partial charge in [0.25, 0.3) is 0 Å². The summed E-state index contributed by atoms with van der Waals surface area (Å²) in [5.41, 5.74) is 0.336. The van der Waals surface area contributed by atoms with Crippen molar-refractivity contribution in [3.63, 3.8) is 0 Å². The molecular formula is C18H30N4O3. The highest BCUT2D eigenvalue weighted by Crippen LogP contribution is 2.18. The van der Waals surface area contributed by atoms with Gasteiger partial charge in [0.1, 0.15) is 5.82 Å². The summed E-state index contributed by atoms with van der Waals surface area (Å²) in [6, 6.07) is 1.79. The van der Waals surface area contributed by atoms with Crippen molar-refractivity contribution >= 4 is 23.6 Å². The third-order valence-electron chi connectivity index (χ3n) is 3.41. The average molecular weight is 350 g/mol. The van der Waals surface area contributed by atoms with Crippen LogP contribution in [0.2, 0.25) is 0 Å². The lowest BCUT2D eigenvalue weighted by Gasteiger charge is -2.18. The minimum Gasteiger partial charge on any atom is -0.466 e. The van der Waals surface area contributed by atoms with Gasteiger partial charge in [-0.15, -0.1) is 0 Å². The summed E-state index contributed by atoms with van der Waals surface area (Å²) in [7, 11) is 0. The quantitative estimate of drug-likeness (QED) is 0.525. The molecule has 0 radical (unpaired) electrons. The number of hydrogen-bond acceptors (Lipinski definition) is 6. The van der Waals surface area contributed by atoms with Gasteiger partial charge in [-0.25, -0.2) is 4.98 Å². The van der Waals surface area contributed by atoms with E-state index in [2.05, 4.69) is 20.6 Å². The van der Waals surface area contributed by atoms with Gasteiger partial charge in [0.15, 0.2) is 0 Å². The zero-order valence-electron chi connectivity index (χ0n) is 15.9. The second-order valence-corrected chi connectivity index (χ2v) is 6.81. The van der Waals surface area contributed by atoms with Crippen molar-refractivity contribution in [2.45, 2.75) is 60.3 Å². The van der Waals surface area contributed by atoms with Gasteiger partial charge in [-0.3, -0.25) is 9.59 Å². The van der Waals surface area contributed by atoms with Crippen LogP contribution in [0.4, 0.5) is 11.8 Å². The van der Waals surface area contributed by atoms with Gasteiger partial charge in [-0.2, -0.15) is 4.98 Å². The molecule has 0 atom stereocenters. The van der Waals surface area contributed by atoms with E-state index in [4.69, 9.17) is 4.74 Å². The smallest absolute Gasteiger partial charge is 0.305 e. The molecule has 0 saturated carbocycles. The summed E-state index contributed by atoms with van der Waals surface area (Å²) >= 11 is 0. The molecule has 1 rings (SSSR count). The molecule has 7 nitrogen and oxygen atoms in total. The summed E-state index contributed by atoms with van der Waals surface area (Å²) < 4.78 is 4.92. The molecule has 1 aromatic heterocycles. The zero-order valence-corrected chi connectivity index (χ0v) is 15.9. The number of carbonyl (C=O) groups excluding carboxylic acids is 2. The molecule has 0 bridgehead atoms. The van der Waals surface area contributed by atoms with E-state index < -0.39 is 5.41 Å². The number of aryl methyl sites for hydroxylation is 1. The fourth-order valence-electron chi connectivity index (χ4n) is 2.04. The summed E-state index contributed by atoms with van der Waals surface area (Å²) in [6.07, 6.45) is 2.67. The number of esters is 1. The van der Waals surface area contributed by atoms with Crippen LogP contribution in [-0.4, -0.2) is 35.0 Å². The van der Waals surface area contributed by atoms with Crippen LogP contribution in [0.25, 0.3) is 0 Å². The number of unbranched alkanes of at least 4 members (excludes halogenated alkanes) is 1. The van der Waals surface area contributed by atoms with Gasteiger partial charge in [0, 0.05) is 30.1 Å². The molecule has 1 amide bonds. The first kappa shape index (κ1) is 20.9. The van der Waals surface area contributed by atoms with Crippen LogP contribution in [0.15, 0.2) is 6.07 Å². The van der Waals surface area contributed by atoms with E-state index in [1.807, 2.05) is 27.7 Å². The van der Waals surface area contributed by atoms with Crippen molar-refractivity contribution < 1.29 is 14.3 Å². The number of nitrogens with one attached hydrogen (secondary N) is 2. The predicted octanol–water partition coefficient (Wildman–Crippen LogP) is 3.17. The van der Waals surface area contributed by atoms with Crippen molar-refractivity contribution in [2.24, 2.45) is 5.41 Å². The van der Waals surface area contributed by atoms with E-state index in [0.717, 1.165) is 18.5 Å². The number of amides is 1. The van der Waals surface area contributed by atoms with E-state index in [-0.39, 0.29) is 11.9 Å². The van der Waals surface area contributed by atoms with E-state index in [9.17, 15) is 9.59 Å². The Hall–Kier alpha value is -2.18. The third kappa shape index (κ3) is 7.96. The molecule has 0 spiro atoms. The molecule has 0 unspecified atom stereocenters. The maximum atomic E-state index is 12.2. The molecule has 7 heteroatoms. The lowest BCUT2D eigenvalue weighted by molar-refractivity contribution is -0.143. The maximum Gasteiger partial charge on any atom is 0.305 e. The fraction of sp³-hybridized carbons (Fsp3) is 0.667. The van der Waals surface area contributed by atoms with Crippen molar-refractivity contribution in [3.8, 4) is 0 Å². The van der Waals surface area contributed by atoms with E-state index in [1.165, 1.54) is 0 Å². The van der Waals surface area contributed by atoms with Crippen LogP contribution >= 0.6 is 0 Å². The van der Waals surface area contributed by atoms with Gasteiger partial charge in [-0.05, 0) is 33.1 Å². The van der Waals surface area contributed by atoms with Gasteiger partial charge >= 0.3 is 5.97 Å². The Morgan fingerprint density at radius 2 is 1.88 bits per heavy atom. The Labute approximate surface area is 150 Å². The third-order valence-corrected chi connectivity index (χ3v) is 3.41. The number of carbonyl (C=O) groups is 2. The standard InChI is InChI=1S/C18H30N4O3/c1-6-19-17-20-13(10-8-9-11-15(23)25-7-2)12-14(22-17)21-16(24)18(3,4)5/h12H,6-11H2,1-5H3,(H2,19,20,21,22,24). The van der Waals surface area contributed by atoms with Crippen LogP contribution in [0.3, 0.4) is 0 Å². The van der Waals surface area contributed by atoms with Crippen LogP contribution < -0.4 is 10.6 Å². The summed E-state index contributed by atoms with van der Waals surface area (Å²) in [6.45, 7) is 10.4. The van der Waals surface area contributed by atoms with Crippen molar-refractivity contribution in [3.05, 3.63) is 11.8 Å². The van der Waals surface area contributed by atoms with Gasteiger partial charge < -0.3 is 15.4 Å². The number of anilines is 2. The Bertz CT molecular complexity index is 582. The van der Waals surface area contributed by atoms with E-state index in [0.29, 0.717) is 37.8 Å². The van der Waals surface area contributed by atoms with E-state index >= 15 is 0 Å². The SMILES string of the molecule is CCNc1nc(CCCCC(=O)OCC)cc(NC(=O)C(C)(C)C)n1. The van der Waals surface area contributed by atoms with E-state index in [1.54, 1.807) is 13.0 Å². The second-order valence-electron chi connectivity index (χ2n) is 6.81. The minimum absolute atomic E-state index is 0.0955. The highest BCUT2D eigenvalue weighted by atomic mass is 16.5. The van der Waals surface area contributed by atoms with Crippen LogP contribution in [0, 0.1) is 5.41 Å². The van der Waals surface area contributed by atoms with Gasteiger partial charge in [0.2, 0.25) is 11.9 Å². The molecule has 0 saturated heterocycles. The molecule has 1 heterocycles. The number of hydrogen-bond donors (Lipinski definition) is 2. The molecule has 1 aromatic rings. The normalized spacial score (nSPS) is 11.1. The van der Waals surface area contributed by atoms with Crippen molar-refractivity contribution in [2.75, 3.05) is 23.8 Å². The first-order valence-electron chi connectivity index (χ1n) is 8.85.